The number of methoxy groups -OCH3 is 1. The van der Waals surface area contributed by atoms with Gasteiger partial charge in [0.1, 0.15) is 24.0 Å². The predicted molar refractivity (Wildman–Crippen MR) is 174 cm³/mol. The van der Waals surface area contributed by atoms with Crippen molar-refractivity contribution in [1.29, 1.82) is 0 Å². The summed E-state index contributed by atoms with van der Waals surface area (Å²) in [5.41, 5.74) is 5.79. The summed E-state index contributed by atoms with van der Waals surface area (Å²) in [6.45, 7) is 4.08. The van der Waals surface area contributed by atoms with Crippen LogP contribution in [0.3, 0.4) is 0 Å². The van der Waals surface area contributed by atoms with E-state index in [4.69, 9.17) is 15.2 Å². The second-order valence-electron chi connectivity index (χ2n) is 12.4. The van der Waals surface area contributed by atoms with E-state index in [0.717, 1.165) is 12.1 Å². The minimum atomic E-state index is -3.03. The van der Waals surface area contributed by atoms with Gasteiger partial charge in [0, 0.05) is 30.9 Å². The van der Waals surface area contributed by atoms with Crippen molar-refractivity contribution >= 4 is 22.7 Å². The summed E-state index contributed by atoms with van der Waals surface area (Å²) in [6.07, 6.45) is 3.15. The number of nitrogens with one attached hydrogen (secondary N) is 1. The molecule has 258 valence electrons. The molecule has 16 heteroatoms. The Morgan fingerprint density at radius 3 is 2.65 bits per heavy atom. The standard InChI is InChI=1S/C33H35F4N9O3/c1-32(2,49-20-6-4-8-39-13-20)44-30-27-31(42-17-41-30)46(18-43-27)15-19-10-24(21-11-23(35)26(48-3)12-22(21)34)40-14-25(19)45-9-5-7-33(38,16-45)28(47)29(36)37/h4,6,8,10-14,17-18,28-29,47H,5,7,9,15-16,38H2,1-3H3,(H,41,42,44)/t28-,33-/m1/s1. The van der Waals surface area contributed by atoms with Gasteiger partial charge in [-0.15, -0.1) is 0 Å². The van der Waals surface area contributed by atoms with Crippen LogP contribution in [0.4, 0.5) is 29.1 Å². The van der Waals surface area contributed by atoms with Crippen molar-refractivity contribution in [3.05, 3.63) is 78.8 Å². The number of aromatic nitrogens is 6. The van der Waals surface area contributed by atoms with Gasteiger partial charge >= 0.3 is 0 Å². The van der Waals surface area contributed by atoms with Crippen LogP contribution in [-0.4, -0.2) is 78.6 Å². The average molecular weight is 682 g/mol. The molecule has 0 unspecified atom stereocenters. The molecule has 0 aliphatic carbocycles. The summed E-state index contributed by atoms with van der Waals surface area (Å²) in [5, 5.41) is 13.6. The lowest BCUT2D eigenvalue weighted by Crippen LogP contribution is -2.63. The van der Waals surface area contributed by atoms with Gasteiger partial charge in [-0.2, -0.15) is 0 Å². The van der Waals surface area contributed by atoms with E-state index in [1.807, 2.05) is 13.8 Å². The van der Waals surface area contributed by atoms with Crippen LogP contribution in [0.25, 0.3) is 22.4 Å². The molecule has 2 atom stereocenters. The highest BCUT2D eigenvalue weighted by atomic mass is 19.3. The molecule has 0 spiro atoms. The summed E-state index contributed by atoms with van der Waals surface area (Å²) in [4.78, 5) is 23.7. The minimum absolute atomic E-state index is 0.0923. The third-order valence-electron chi connectivity index (χ3n) is 8.38. The van der Waals surface area contributed by atoms with Gasteiger partial charge in [0.15, 0.2) is 34.3 Å². The van der Waals surface area contributed by atoms with E-state index < -0.39 is 35.4 Å². The lowest BCUT2D eigenvalue weighted by atomic mass is 9.84. The number of anilines is 2. The molecule has 1 aliphatic rings. The molecule has 0 bridgehead atoms. The number of piperidine rings is 1. The van der Waals surface area contributed by atoms with Crippen LogP contribution in [0, 0.1) is 11.6 Å². The first-order valence-corrected chi connectivity index (χ1v) is 15.4. The van der Waals surface area contributed by atoms with Crippen molar-refractivity contribution in [2.75, 3.05) is 30.4 Å². The first-order chi connectivity index (χ1) is 23.4. The molecule has 12 nitrogen and oxygen atoms in total. The van der Waals surface area contributed by atoms with Gasteiger partial charge in [-0.1, -0.05) is 0 Å². The maximum atomic E-state index is 15.2. The van der Waals surface area contributed by atoms with Crippen molar-refractivity contribution in [2.45, 2.75) is 57.0 Å². The molecule has 6 rings (SSSR count). The summed E-state index contributed by atoms with van der Waals surface area (Å²) in [6, 6.07) is 7.06. The first-order valence-electron chi connectivity index (χ1n) is 15.4. The molecule has 1 fully saturated rings. The van der Waals surface area contributed by atoms with Gasteiger partial charge in [0.25, 0.3) is 6.43 Å². The number of benzene rings is 1. The molecule has 1 saturated heterocycles. The van der Waals surface area contributed by atoms with Crippen molar-refractivity contribution in [2.24, 2.45) is 5.73 Å². The number of nitrogens with two attached hydrogens (primary N) is 1. The van der Waals surface area contributed by atoms with Crippen LogP contribution in [0.5, 0.6) is 11.5 Å². The van der Waals surface area contributed by atoms with E-state index in [1.165, 1.54) is 19.6 Å². The largest absolute Gasteiger partial charge is 0.494 e. The van der Waals surface area contributed by atoms with Gasteiger partial charge < -0.3 is 35.1 Å². The summed E-state index contributed by atoms with van der Waals surface area (Å²) in [5.74, 6) is -0.842. The fourth-order valence-electron chi connectivity index (χ4n) is 6.02. The minimum Gasteiger partial charge on any atom is -0.494 e. The number of alkyl halides is 2. The number of nitrogens with zero attached hydrogens (tertiary/aromatic N) is 7. The zero-order valence-electron chi connectivity index (χ0n) is 26.9. The van der Waals surface area contributed by atoms with Gasteiger partial charge in [-0.05, 0) is 56.5 Å². The lowest BCUT2D eigenvalue weighted by Gasteiger charge is -2.44. The van der Waals surface area contributed by atoms with Crippen molar-refractivity contribution < 1.29 is 32.1 Å². The zero-order valence-corrected chi connectivity index (χ0v) is 26.9. The molecule has 0 saturated carbocycles. The van der Waals surface area contributed by atoms with Gasteiger partial charge in [-0.25, -0.2) is 32.5 Å². The molecule has 4 aromatic heterocycles. The molecule has 4 N–H and O–H groups in total. The Bertz CT molecular complexity index is 1950. The molecular weight excluding hydrogens is 646 g/mol. The fraction of sp³-hybridized carbons (Fsp3) is 0.364. The Kier molecular flexibility index (Phi) is 9.26. The van der Waals surface area contributed by atoms with Crippen molar-refractivity contribution in [3.63, 3.8) is 0 Å². The molecule has 0 radical (unpaired) electrons. The molecule has 0 amide bonds. The smallest absolute Gasteiger partial charge is 0.265 e. The monoisotopic (exact) mass is 681 g/mol. The highest BCUT2D eigenvalue weighted by Gasteiger charge is 2.43. The molecule has 1 aromatic carbocycles. The first kappa shape index (κ1) is 33.8. The van der Waals surface area contributed by atoms with Crippen molar-refractivity contribution in [1.82, 2.24) is 29.5 Å². The Hall–Kier alpha value is -5.09. The Morgan fingerprint density at radius 1 is 1.10 bits per heavy atom. The normalized spacial score (nSPS) is 17.4. The Labute approximate surface area is 279 Å². The van der Waals surface area contributed by atoms with Gasteiger partial charge in [0.05, 0.1) is 49.3 Å². The Morgan fingerprint density at radius 2 is 1.92 bits per heavy atom. The highest BCUT2D eigenvalue weighted by molar-refractivity contribution is 5.83. The SMILES string of the molecule is COc1cc(F)c(-c2cc(Cn3cnc4c(NC(C)(C)Oc5cccnc5)ncnc43)c(N3CCC[C@](N)([C@H](O)C(F)F)C3)cn2)cc1F. The lowest BCUT2D eigenvalue weighted by molar-refractivity contribution is -0.0529. The van der Waals surface area contributed by atoms with Crippen LogP contribution >= 0.6 is 0 Å². The van der Waals surface area contributed by atoms with Crippen molar-refractivity contribution in [3.8, 4) is 22.8 Å². The maximum absolute atomic E-state index is 15.2. The van der Waals surface area contributed by atoms with E-state index in [0.29, 0.717) is 46.9 Å². The fourth-order valence-corrected chi connectivity index (χ4v) is 6.02. The van der Waals surface area contributed by atoms with Crippen LogP contribution in [0.1, 0.15) is 32.3 Å². The zero-order chi connectivity index (χ0) is 34.9. The molecule has 1 aliphatic heterocycles. The highest BCUT2D eigenvalue weighted by Crippen LogP contribution is 2.35. The van der Waals surface area contributed by atoms with E-state index >= 15 is 4.39 Å². The topological polar surface area (TPSA) is 149 Å². The summed E-state index contributed by atoms with van der Waals surface area (Å²) >= 11 is 0. The number of aliphatic hydroxyl groups is 1. The third-order valence-corrected chi connectivity index (χ3v) is 8.38. The number of rotatable bonds is 11. The second-order valence-corrected chi connectivity index (χ2v) is 12.4. The summed E-state index contributed by atoms with van der Waals surface area (Å²) < 4.78 is 69.8. The summed E-state index contributed by atoms with van der Waals surface area (Å²) in [7, 11) is 1.23. The number of ether oxygens (including phenoxy) is 2. The number of imidazole rings is 1. The van der Waals surface area contributed by atoms with Crippen LogP contribution in [-0.2, 0) is 6.54 Å². The maximum Gasteiger partial charge on any atom is 0.265 e. The van der Waals surface area contributed by atoms with E-state index in [9.17, 15) is 18.3 Å². The number of aliphatic hydroxyl groups excluding tert-OH is 1. The van der Waals surface area contributed by atoms with E-state index in [1.54, 1.807) is 46.4 Å². The average Bonchev–Trinajstić information content (AvgIpc) is 3.48. The van der Waals surface area contributed by atoms with Crippen LogP contribution in [0.2, 0.25) is 0 Å². The van der Waals surface area contributed by atoms with E-state index in [-0.39, 0.29) is 36.5 Å². The molecule has 5 aromatic rings. The molecule has 49 heavy (non-hydrogen) atoms. The van der Waals surface area contributed by atoms with Crippen LogP contribution < -0.4 is 25.4 Å². The third kappa shape index (κ3) is 7.05. The predicted octanol–water partition coefficient (Wildman–Crippen LogP) is 4.77. The second kappa shape index (κ2) is 13.4. The van der Waals surface area contributed by atoms with Gasteiger partial charge in [-0.3, -0.25) is 9.97 Å². The molecular formula is C33H35F4N9O3. The number of halogens is 4. The van der Waals surface area contributed by atoms with Crippen LogP contribution in [0.15, 0.2) is 61.6 Å². The number of pyridine rings is 2. The Balaban J connectivity index is 1.38. The van der Waals surface area contributed by atoms with Gasteiger partial charge in [0.2, 0.25) is 0 Å². The molecule has 5 heterocycles. The number of fused-ring (bicyclic) bond motifs is 1. The van der Waals surface area contributed by atoms with E-state index in [2.05, 4.69) is 30.2 Å². The number of hydrogen-bond acceptors (Lipinski definition) is 11. The quantitative estimate of drug-likeness (QED) is 0.131. The number of hydrogen-bond donors (Lipinski definition) is 3.